The number of nitrogen functional groups attached to an aromatic ring is 1. The van der Waals surface area contributed by atoms with Crippen molar-refractivity contribution in [3.05, 3.63) is 48.8 Å². The maximum atomic E-state index is 5.77. The minimum absolute atomic E-state index is 0.742. The fourth-order valence-electron chi connectivity index (χ4n) is 2.05. The van der Waals surface area contributed by atoms with Crippen LogP contribution in [0.3, 0.4) is 0 Å². The molecule has 4 heteroatoms. The van der Waals surface area contributed by atoms with E-state index in [1.165, 1.54) is 4.90 Å². The molecule has 3 nitrogen and oxygen atoms in total. The molecule has 90 valence electrons. The van der Waals surface area contributed by atoms with Crippen LogP contribution in [0.1, 0.15) is 0 Å². The molecule has 0 aliphatic carbocycles. The molecule has 0 aliphatic rings. The van der Waals surface area contributed by atoms with Gasteiger partial charge >= 0.3 is 0 Å². The average Bonchev–Trinajstić information content (AvgIpc) is 2.81. The highest BCUT2D eigenvalue weighted by Crippen LogP contribution is 2.27. The van der Waals surface area contributed by atoms with E-state index in [0.717, 1.165) is 22.4 Å². The van der Waals surface area contributed by atoms with Gasteiger partial charge in [0.2, 0.25) is 0 Å². The van der Waals surface area contributed by atoms with E-state index in [9.17, 15) is 0 Å². The molecule has 3 rings (SSSR count). The molecule has 0 saturated heterocycles. The first kappa shape index (κ1) is 11.2. The summed E-state index contributed by atoms with van der Waals surface area (Å²) in [4.78, 5) is 5.64. The van der Waals surface area contributed by atoms with E-state index < -0.39 is 0 Å². The van der Waals surface area contributed by atoms with Crippen LogP contribution in [0.2, 0.25) is 0 Å². The van der Waals surface area contributed by atoms with Crippen LogP contribution in [0, 0.1) is 0 Å². The molecule has 0 amide bonds. The molecular weight excluding hydrogens is 242 g/mol. The number of imidazole rings is 1. The monoisotopic (exact) mass is 255 g/mol. The Kier molecular flexibility index (Phi) is 2.72. The van der Waals surface area contributed by atoms with E-state index in [0.29, 0.717) is 0 Å². The number of rotatable bonds is 2. The van der Waals surface area contributed by atoms with Gasteiger partial charge in [-0.1, -0.05) is 12.1 Å². The Balaban J connectivity index is 2.26. The number of thioether (sulfide) groups is 1. The van der Waals surface area contributed by atoms with E-state index >= 15 is 0 Å². The fraction of sp³-hybridized carbons (Fsp3) is 0.0714. The third-order valence-corrected chi connectivity index (χ3v) is 3.70. The highest BCUT2D eigenvalue weighted by molar-refractivity contribution is 7.98. The molecule has 0 aliphatic heterocycles. The van der Waals surface area contributed by atoms with Crippen molar-refractivity contribution in [2.24, 2.45) is 0 Å². The van der Waals surface area contributed by atoms with Crippen molar-refractivity contribution in [1.82, 2.24) is 9.55 Å². The van der Waals surface area contributed by atoms with Crippen molar-refractivity contribution in [2.75, 3.05) is 12.0 Å². The molecule has 18 heavy (non-hydrogen) atoms. The van der Waals surface area contributed by atoms with Crippen molar-refractivity contribution < 1.29 is 0 Å². The SMILES string of the molecule is CSc1ccccc1-n1cnc2cc(N)ccc21. The van der Waals surface area contributed by atoms with Gasteiger partial charge in [0.15, 0.2) is 0 Å². The zero-order chi connectivity index (χ0) is 12.5. The lowest BCUT2D eigenvalue weighted by molar-refractivity contribution is 1.06. The summed E-state index contributed by atoms with van der Waals surface area (Å²) < 4.78 is 2.10. The fourth-order valence-corrected chi connectivity index (χ4v) is 2.64. The van der Waals surface area contributed by atoms with Gasteiger partial charge in [-0.3, -0.25) is 4.57 Å². The van der Waals surface area contributed by atoms with Crippen LogP contribution >= 0.6 is 11.8 Å². The third-order valence-electron chi connectivity index (χ3n) is 2.92. The number of para-hydroxylation sites is 1. The lowest BCUT2D eigenvalue weighted by Gasteiger charge is -2.09. The second-order valence-corrected chi connectivity index (χ2v) is 4.88. The Morgan fingerprint density at radius 2 is 2.00 bits per heavy atom. The predicted octanol–water partition coefficient (Wildman–Crippen LogP) is 3.33. The first-order valence-electron chi connectivity index (χ1n) is 5.65. The number of nitrogens with two attached hydrogens (primary N) is 1. The first-order valence-corrected chi connectivity index (χ1v) is 6.88. The summed E-state index contributed by atoms with van der Waals surface area (Å²) in [6, 6.07) is 14.1. The summed E-state index contributed by atoms with van der Waals surface area (Å²) >= 11 is 1.73. The second kappa shape index (κ2) is 4.38. The third kappa shape index (κ3) is 1.75. The molecular formula is C14H13N3S. The number of fused-ring (bicyclic) bond motifs is 1. The van der Waals surface area contributed by atoms with Crippen LogP contribution in [-0.2, 0) is 0 Å². The molecule has 0 unspecified atom stereocenters. The Morgan fingerprint density at radius 3 is 2.83 bits per heavy atom. The predicted molar refractivity (Wildman–Crippen MR) is 77.3 cm³/mol. The van der Waals surface area contributed by atoms with E-state index in [1.807, 2.05) is 36.7 Å². The summed E-state index contributed by atoms with van der Waals surface area (Å²) in [6.45, 7) is 0. The van der Waals surface area contributed by atoms with Crippen LogP contribution in [0.15, 0.2) is 53.7 Å². The quantitative estimate of drug-likeness (QED) is 0.564. The second-order valence-electron chi connectivity index (χ2n) is 4.03. The minimum Gasteiger partial charge on any atom is -0.399 e. The molecule has 1 aromatic heterocycles. The Morgan fingerprint density at radius 1 is 1.17 bits per heavy atom. The van der Waals surface area contributed by atoms with Crippen molar-refractivity contribution in [2.45, 2.75) is 4.90 Å². The largest absolute Gasteiger partial charge is 0.399 e. The zero-order valence-electron chi connectivity index (χ0n) is 10.00. The summed E-state index contributed by atoms with van der Waals surface area (Å²) in [6.07, 6.45) is 3.93. The van der Waals surface area contributed by atoms with Gasteiger partial charge in [-0.2, -0.15) is 0 Å². The van der Waals surface area contributed by atoms with E-state index in [1.54, 1.807) is 11.8 Å². The number of hydrogen-bond acceptors (Lipinski definition) is 3. The van der Waals surface area contributed by atoms with Crippen LogP contribution in [-0.4, -0.2) is 15.8 Å². The summed E-state index contributed by atoms with van der Waals surface area (Å²) in [5, 5.41) is 0. The normalized spacial score (nSPS) is 10.9. The minimum atomic E-state index is 0.742. The van der Waals surface area contributed by atoms with Crippen molar-refractivity contribution in [3.8, 4) is 5.69 Å². The number of hydrogen-bond donors (Lipinski definition) is 1. The topological polar surface area (TPSA) is 43.8 Å². The standard InChI is InChI=1S/C14H13N3S/c1-18-14-5-3-2-4-13(14)17-9-16-11-8-10(15)6-7-12(11)17/h2-9H,15H2,1H3. The lowest BCUT2D eigenvalue weighted by Crippen LogP contribution is -1.94. The van der Waals surface area contributed by atoms with Gasteiger partial charge in [0.05, 0.1) is 16.7 Å². The van der Waals surface area contributed by atoms with E-state index in [2.05, 4.69) is 27.9 Å². The molecule has 0 spiro atoms. The van der Waals surface area contributed by atoms with Gasteiger partial charge in [0, 0.05) is 10.6 Å². The molecule has 3 aromatic rings. The first-order chi connectivity index (χ1) is 8.79. The molecule has 0 bridgehead atoms. The highest BCUT2D eigenvalue weighted by Gasteiger charge is 2.07. The highest BCUT2D eigenvalue weighted by atomic mass is 32.2. The molecule has 2 aromatic carbocycles. The maximum absolute atomic E-state index is 5.77. The van der Waals surface area contributed by atoms with Gasteiger partial charge in [-0.05, 0) is 36.6 Å². The van der Waals surface area contributed by atoms with E-state index in [-0.39, 0.29) is 0 Å². The van der Waals surface area contributed by atoms with Gasteiger partial charge in [-0.15, -0.1) is 11.8 Å². The molecule has 0 radical (unpaired) electrons. The summed E-state index contributed by atoms with van der Waals surface area (Å²) in [5.41, 5.74) is 9.66. The van der Waals surface area contributed by atoms with Gasteiger partial charge in [-0.25, -0.2) is 4.98 Å². The molecule has 1 heterocycles. The number of aromatic nitrogens is 2. The summed E-state index contributed by atoms with van der Waals surface area (Å²) in [7, 11) is 0. The van der Waals surface area contributed by atoms with Crippen molar-refractivity contribution in [1.29, 1.82) is 0 Å². The Hall–Kier alpha value is -1.94. The van der Waals surface area contributed by atoms with Gasteiger partial charge < -0.3 is 5.73 Å². The molecule has 0 fully saturated rings. The smallest absolute Gasteiger partial charge is 0.100 e. The lowest BCUT2D eigenvalue weighted by atomic mass is 10.2. The average molecular weight is 255 g/mol. The van der Waals surface area contributed by atoms with Crippen molar-refractivity contribution >= 4 is 28.5 Å². The summed E-state index contributed by atoms with van der Waals surface area (Å²) in [5.74, 6) is 0. The number of nitrogens with zero attached hydrogens (tertiary/aromatic N) is 2. The number of benzene rings is 2. The molecule has 0 saturated carbocycles. The molecule has 2 N–H and O–H groups in total. The number of anilines is 1. The zero-order valence-corrected chi connectivity index (χ0v) is 10.8. The van der Waals surface area contributed by atoms with Gasteiger partial charge in [0.1, 0.15) is 6.33 Å². The van der Waals surface area contributed by atoms with Crippen LogP contribution in [0.25, 0.3) is 16.7 Å². The Bertz CT molecular complexity index is 703. The van der Waals surface area contributed by atoms with Crippen LogP contribution in [0.4, 0.5) is 5.69 Å². The Labute approximate surface area is 110 Å². The maximum Gasteiger partial charge on any atom is 0.100 e. The van der Waals surface area contributed by atoms with Crippen molar-refractivity contribution in [3.63, 3.8) is 0 Å². The molecule has 0 atom stereocenters. The van der Waals surface area contributed by atoms with Crippen LogP contribution in [0.5, 0.6) is 0 Å². The van der Waals surface area contributed by atoms with E-state index in [4.69, 9.17) is 5.73 Å². The van der Waals surface area contributed by atoms with Crippen LogP contribution < -0.4 is 5.73 Å². The van der Waals surface area contributed by atoms with Gasteiger partial charge in [0.25, 0.3) is 0 Å².